The van der Waals surface area contributed by atoms with Gasteiger partial charge in [0.1, 0.15) is 12.4 Å². The second kappa shape index (κ2) is 7.52. The zero-order valence-electron chi connectivity index (χ0n) is 13.4. The molecule has 0 aromatic carbocycles. The van der Waals surface area contributed by atoms with Gasteiger partial charge in [-0.2, -0.15) is 5.10 Å². The van der Waals surface area contributed by atoms with Crippen molar-refractivity contribution in [3.8, 4) is 0 Å². The quantitative estimate of drug-likeness (QED) is 0.841. The number of halogens is 1. The Hall–Kier alpha value is -2.61. The number of carboxylic acids is 1. The van der Waals surface area contributed by atoms with Crippen molar-refractivity contribution in [2.24, 2.45) is 5.92 Å². The molecule has 0 spiro atoms. The van der Waals surface area contributed by atoms with E-state index in [2.05, 4.69) is 20.3 Å². The Labute approximate surface area is 149 Å². The van der Waals surface area contributed by atoms with Crippen molar-refractivity contribution in [1.82, 2.24) is 14.8 Å². The zero-order valence-corrected chi connectivity index (χ0v) is 14.2. The molecule has 8 nitrogen and oxygen atoms in total. The van der Waals surface area contributed by atoms with Crippen molar-refractivity contribution in [3.05, 3.63) is 35.6 Å². The second-order valence-corrected chi connectivity index (χ2v) is 6.31. The lowest BCUT2D eigenvalue weighted by atomic mass is 9.96. The van der Waals surface area contributed by atoms with Gasteiger partial charge in [0, 0.05) is 37.5 Å². The molecule has 0 unspecified atom stereocenters. The molecule has 1 aliphatic rings. The van der Waals surface area contributed by atoms with Crippen molar-refractivity contribution in [2.45, 2.75) is 19.4 Å². The number of aliphatic carboxylic acids is 1. The maximum absolute atomic E-state index is 12.4. The number of hydrogen-bond donors (Lipinski definition) is 2. The Morgan fingerprint density at radius 1 is 1.28 bits per heavy atom. The van der Waals surface area contributed by atoms with E-state index in [1.54, 1.807) is 18.3 Å². The van der Waals surface area contributed by atoms with Crippen LogP contribution in [0.1, 0.15) is 12.8 Å². The number of rotatable bonds is 5. The fourth-order valence-electron chi connectivity index (χ4n) is 2.81. The number of anilines is 2. The van der Waals surface area contributed by atoms with E-state index < -0.39 is 5.97 Å². The van der Waals surface area contributed by atoms with Crippen LogP contribution in [0.4, 0.5) is 11.6 Å². The molecule has 3 heterocycles. The lowest BCUT2D eigenvalue weighted by Crippen LogP contribution is -2.38. The topological polar surface area (TPSA) is 100 Å². The third kappa shape index (κ3) is 4.48. The van der Waals surface area contributed by atoms with E-state index in [1.165, 1.54) is 10.9 Å². The Bertz CT molecular complexity index is 753. The molecule has 1 fully saturated rings. The minimum Gasteiger partial charge on any atom is -0.480 e. The maximum Gasteiger partial charge on any atom is 0.325 e. The summed E-state index contributed by atoms with van der Waals surface area (Å²) in [5.41, 5.74) is 0. The molecule has 2 aromatic rings. The summed E-state index contributed by atoms with van der Waals surface area (Å²) in [7, 11) is 0. The van der Waals surface area contributed by atoms with E-state index in [-0.39, 0.29) is 18.4 Å². The van der Waals surface area contributed by atoms with Crippen molar-refractivity contribution in [2.75, 3.05) is 23.3 Å². The number of aromatic nitrogens is 3. The predicted molar refractivity (Wildman–Crippen MR) is 92.7 cm³/mol. The first-order valence-corrected chi connectivity index (χ1v) is 8.31. The van der Waals surface area contributed by atoms with Crippen LogP contribution in [-0.4, -0.2) is 44.8 Å². The van der Waals surface area contributed by atoms with E-state index in [9.17, 15) is 9.59 Å². The first kappa shape index (κ1) is 17.2. The molecule has 3 rings (SSSR count). The summed E-state index contributed by atoms with van der Waals surface area (Å²) in [6.45, 7) is 1.24. The van der Waals surface area contributed by atoms with Gasteiger partial charge in [-0.3, -0.25) is 14.3 Å². The minimum absolute atomic E-state index is 0.0932. The molecular weight excluding hydrogens is 346 g/mol. The van der Waals surface area contributed by atoms with Crippen LogP contribution >= 0.6 is 11.6 Å². The van der Waals surface area contributed by atoms with Crippen LogP contribution in [0.15, 0.2) is 30.6 Å². The van der Waals surface area contributed by atoms with Gasteiger partial charge in [-0.1, -0.05) is 11.6 Å². The lowest BCUT2D eigenvalue weighted by molar-refractivity contribution is -0.137. The van der Waals surface area contributed by atoms with Gasteiger partial charge in [0.15, 0.2) is 5.82 Å². The second-order valence-electron chi connectivity index (χ2n) is 5.88. The highest BCUT2D eigenvalue weighted by Crippen LogP contribution is 2.23. The highest BCUT2D eigenvalue weighted by Gasteiger charge is 2.26. The molecule has 1 aliphatic heterocycles. The van der Waals surface area contributed by atoms with Crippen LogP contribution in [0.2, 0.25) is 5.02 Å². The molecule has 9 heteroatoms. The van der Waals surface area contributed by atoms with Crippen molar-refractivity contribution in [1.29, 1.82) is 0 Å². The van der Waals surface area contributed by atoms with Gasteiger partial charge in [0.25, 0.3) is 0 Å². The summed E-state index contributed by atoms with van der Waals surface area (Å²) in [5.74, 6) is 0.0466. The molecule has 25 heavy (non-hydrogen) atoms. The van der Waals surface area contributed by atoms with Crippen LogP contribution in [0, 0.1) is 5.92 Å². The summed E-state index contributed by atoms with van der Waals surface area (Å²) in [6, 6.07) is 5.27. The summed E-state index contributed by atoms with van der Waals surface area (Å²) in [6.07, 6.45) is 4.57. The standard InChI is InChI=1S/C16H18ClN5O3/c17-12-1-2-14(18-9-12)21-6-3-11(4-7-21)16(25)19-13-5-8-22(20-13)10-15(23)24/h1-2,5,8-9,11H,3-4,6-7,10H2,(H,23,24)(H,19,20,25). The van der Waals surface area contributed by atoms with Gasteiger partial charge in [0.2, 0.25) is 5.91 Å². The van der Waals surface area contributed by atoms with E-state index in [0.29, 0.717) is 23.7 Å². The maximum atomic E-state index is 12.4. The van der Waals surface area contributed by atoms with Crippen molar-refractivity contribution < 1.29 is 14.7 Å². The molecular formula is C16H18ClN5O3. The van der Waals surface area contributed by atoms with Crippen LogP contribution in [0.25, 0.3) is 0 Å². The number of carbonyl (C=O) groups is 2. The normalized spacial score (nSPS) is 15.2. The zero-order chi connectivity index (χ0) is 17.8. The third-order valence-electron chi connectivity index (χ3n) is 4.09. The van der Waals surface area contributed by atoms with Crippen LogP contribution in [-0.2, 0) is 16.1 Å². The van der Waals surface area contributed by atoms with Gasteiger partial charge in [0.05, 0.1) is 5.02 Å². The molecule has 0 saturated carbocycles. The van der Waals surface area contributed by atoms with Crippen molar-refractivity contribution >= 4 is 35.1 Å². The molecule has 2 aromatic heterocycles. The summed E-state index contributed by atoms with van der Waals surface area (Å²) in [4.78, 5) is 29.4. The summed E-state index contributed by atoms with van der Waals surface area (Å²) in [5, 5.41) is 16.1. The van der Waals surface area contributed by atoms with Crippen LogP contribution in [0.3, 0.4) is 0 Å². The van der Waals surface area contributed by atoms with E-state index >= 15 is 0 Å². The van der Waals surface area contributed by atoms with Crippen LogP contribution in [0.5, 0.6) is 0 Å². The number of carbonyl (C=O) groups excluding carboxylic acids is 1. The van der Waals surface area contributed by atoms with Crippen LogP contribution < -0.4 is 10.2 Å². The summed E-state index contributed by atoms with van der Waals surface area (Å²) < 4.78 is 1.27. The number of pyridine rings is 1. The first-order chi connectivity index (χ1) is 12.0. The Kier molecular flexibility index (Phi) is 5.18. The largest absolute Gasteiger partial charge is 0.480 e. The molecule has 0 bridgehead atoms. The van der Waals surface area contributed by atoms with Crippen molar-refractivity contribution in [3.63, 3.8) is 0 Å². The van der Waals surface area contributed by atoms with Gasteiger partial charge in [-0.15, -0.1) is 0 Å². The molecule has 2 N–H and O–H groups in total. The number of nitrogens with zero attached hydrogens (tertiary/aromatic N) is 4. The fourth-order valence-corrected chi connectivity index (χ4v) is 2.92. The molecule has 132 valence electrons. The van der Waals surface area contributed by atoms with E-state index in [4.69, 9.17) is 16.7 Å². The highest BCUT2D eigenvalue weighted by atomic mass is 35.5. The predicted octanol–water partition coefficient (Wildman–Crippen LogP) is 1.87. The van der Waals surface area contributed by atoms with E-state index in [1.807, 2.05) is 6.07 Å². The Morgan fingerprint density at radius 2 is 2.04 bits per heavy atom. The van der Waals surface area contributed by atoms with E-state index in [0.717, 1.165) is 18.9 Å². The third-order valence-corrected chi connectivity index (χ3v) is 4.31. The highest BCUT2D eigenvalue weighted by molar-refractivity contribution is 6.30. The number of piperidine rings is 1. The fraction of sp³-hybridized carbons (Fsp3) is 0.375. The first-order valence-electron chi connectivity index (χ1n) is 7.94. The molecule has 0 atom stereocenters. The minimum atomic E-state index is -0.982. The average Bonchev–Trinajstić information content (AvgIpc) is 3.02. The number of nitrogens with one attached hydrogen (secondary N) is 1. The van der Waals surface area contributed by atoms with Gasteiger partial charge < -0.3 is 15.3 Å². The van der Waals surface area contributed by atoms with Gasteiger partial charge in [-0.05, 0) is 25.0 Å². The Morgan fingerprint density at radius 3 is 2.68 bits per heavy atom. The lowest BCUT2D eigenvalue weighted by Gasteiger charge is -2.32. The average molecular weight is 364 g/mol. The molecule has 0 aliphatic carbocycles. The summed E-state index contributed by atoms with van der Waals surface area (Å²) >= 11 is 5.85. The number of amides is 1. The monoisotopic (exact) mass is 363 g/mol. The molecule has 1 saturated heterocycles. The molecule has 0 radical (unpaired) electrons. The molecule has 1 amide bonds. The van der Waals surface area contributed by atoms with Gasteiger partial charge in [-0.25, -0.2) is 4.98 Å². The van der Waals surface area contributed by atoms with Gasteiger partial charge >= 0.3 is 5.97 Å². The smallest absolute Gasteiger partial charge is 0.325 e. The SMILES string of the molecule is O=C(O)Cn1ccc(NC(=O)C2CCN(c3ccc(Cl)cn3)CC2)n1. The Balaban J connectivity index is 1.52. The number of hydrogen-bond acceptors (Lipinski definition) is 5. The number of carboxylic acid groups (broad SMARTS) is 1.